The molecule has 2 aromatic rings. The lowest BCUT2D eigenvalue weighted by Crippen LogP contribution is -1.99. The molecule has 2 aromatic heterocycles. The number of nitrogens with one attached hydrogen (secondary N) is 1. The zero-order valence-electron chi connectivity index (χ0n) is 7.31. The van der Waals surface area contributed by atoms with E-state index in [4.69, 9.17) is 0 Å². The summed E-state index contributed by atoms with van der Waals surface area (Å²) in [6, 6.07) is 0. The van der Waals surface area contributed by atoms with Crippen LogP contribution in [-0.4, -0.2) is 30.2 Å². The van der Waals surface area contributed by atoms with Crippen molar-refractivity contribution in [1.82, 2.24) is 35.6 Å². The first kappa shape index (κ1) is 7.79. The van der Waals surface area contributed by atoms with Gasteiger partial charge in [-0.25, -0.2) is 4.98 Å². The maximum atomic E-state index is 4.05. The highest BCUT2D eigenvalue weighted by Crippen LogP contribution is 2.18. The largest absolute Gasteiger partial charge is 0.265 e. The van der Waals surface area contributed by atoms with E-state index in [9.17, 15) is 0 Å². The van der Waals surface area contributed by atoms with E-state index >= 15 is 0 Å². The van der Waals surface area contributed by atoms with Gasteiger partial charge in [0.15, 0.2) is 11.6 Å². The number of hydrogen-bond acceptors (Lipinski definition) is 6. The number of hydrogen-bond donors (Lipinski definition) is 1. The van der Waals surface area contributed by atoms with Crippen molar-refractivity contribution in [2.75, 3.05) is 0 Å². The molecule has 1 N–H and O–H groups in total. The van der Waals surface area contributed by atoms with E-state index in [0.29, 0.717) is 17.3 Å². The first-order chi connectivity index (χ1) is 7.45. The van der Waals surface area contributed by atoms with Crippen LogP contribution in [0.25, 0.3) is 17.3 Å². The Morgan fingerprint density at radius 3 is 3.07 bits per heavy atom. The van der Waals surface area contributed by atoms with Gasteiger partial charge in [0.1, 0.15) is 12.0 Å². The van der Waals surface area contributed by atoms with Gasteiger partial charge in [0.25, 0.3) is 0 Å². The van der Waals surface area contributed by atoms with E-state index in [1.807, 2.05) is 0 Å². The van der Waals surface area contributed by atoms with Crippen LogP contribution < -0.4 is 5.43 Å². The number of nitrogens with zero attached hydrogens (tertiary/aromatic N) is 8. The van der Waals surface area contributed by atoms with E-state index in [1.165, 1.54) is 17.2 Å². The smallest absolute Gasteiger partial charge is 0.200 e. The van der Waals surface area contributed by atoms with E-state index < -0.39 is 0 Å². The minimum Gasteiger partial charge on any atom is -0.265 e. The molecule has 0 aliphatic carbocycles. The van der Waals surface area contributed by atoms with Crippen LogP contribution >= 0.6 is 0 Å². The molecule has 9 heteroatoms. The summed E-state index contributed by atoms with van der Waals surface area (Å²) >= 11 is 0. The molecule has 0 atom stereocenters. The molecule has 0 amide bonds. The lowest BCUT2D eigenvalue weighted by Gasteiger charge is -1.97. The number of H-pyrrole nitrogens is 1. The normalized spacial score (nSPS) is 14.0. The third-order valence-corrected chi connectivity index (χ3v) is 1.78. The lowest BCUT2D eigenvalue weighted by atomic mass is 10.4. The molecule has 1 aliphatic heterocycles. The quantitative estimate of drug-likeness (QED) is 0.726. The molecule has 3 heterocycles. The summed E-state index contributed by atoms with van der Waals surface area (Å²) < 4.78 is 1.48. The average Bonchev–Trinajstić information content (AvgIpc) is 3.01. The van der Waals surface area contributed by atoms with Crippen molar-refractivity contribution in [3.63, 3.8) is 0 Å². The summed E-state index contributed by atoms with van der Waals surface area (Å²) in [7, 11) is 0. The minimum absolute atomic E-state index is 0.491. The molecule has 1 radical (unpaired) electrons. The fourth-order valence-electron chi connectivity index (χ4n) is 1.17. The summed E-state index contributed by atoms with van der Waals surface area (Å²) in [6.07, 6.45) is 4.50. The van der Waals surface area contributed by atoms with Crippen molar-refractivity contribution in [3.8, 4) is 11.5 Å². The van der Waals surface area contributed by atoms with Gasteiger partial charge in [0.2, 0.25) is 0 Å². The van der Waals surface area contributed by atoms with Crippen molar-refractivity contribution in [1.29, 1.82) is 0 Å². The van der Waals surface area contributed by atoms with Crippen LogP contribution in [0.5, 0.6) is 0 Å². The van der Waals surface area contributed by atoms with Gasteiger partial charge >= 0.3 is 0 Å². The van der Waals surface area contributed by atoms with Crippen molar-refractivity contribution >= 4 is 5.82 Å². The molecule has 0 spiro atoms. The Kier molecular flexibility index (Phi) is 1.54. The molecular formula is C6H4N9. The molecule has 9 nitrogen and oxygen atoms in total. The third kappa shape index (κ3) is 1.17. The van der Waals surface area contributed by atoms with Crippen LogP contribution in [0.2, 0.25) is 0 Å². The Bertz CT molecular complexity index is 519. The van der Waals surface area contributed by atoms with Crippen LogP contribution in [0.1, 0.15) is 0 Å². The highest BCUT2D eigenvalue weighted by Gasteiger charge is 2.15. The molecule has 0 unspecified atom stereocenters. The molecule has 1 aliphatic rings. The predicted octanol–water partition coefficient (Wildman–Crippen LogP) is -0.196. The van der Waals surface area contributed by atoms with Crippen LogP contribution in [0.3, 0.4) is 0 Å². The Morgan fingerprint density at radius 2 is 2.33 bits per heavy atom. The Labute approximate surface area is 82.9 Å². The summed E-state index contributed by atoms with van der Waals surface area (Å²) in [5.41, 5.74) is 4.19. The number of aromatic amines is 1. The second kappa shape index (κ2) is 2.97. The Balaban J connectivity index is 2.10. The monoisotopic (exact) mass is 202 g/mol. The molecule has 0 bridgehead atoms. The molecule has 0 aromatic carbocycles. The fourth-order valence-corrected chi connectivity index (χ4v) is 1.17. The average molecular weight is 202 g/mol. The fraction of sp³-hybridized carbons (Fsp3) is 0. The van der Waals surface area contributed by atoms with Gasteiger partial charge < -0.3 is 0 Å². The first-order valence-corrected chi connectivity index (χ1v) is 4.03. The minimum atomic E-state index is 0.491. The standard InChI is InChI=1S/C6H4N9/c1-4(11-13-8-1)6-7-3-10-15(6)5-2-9-14-12-5/h1-3H,(H,8,11,13). The van der Waals surface area contributed by atoms with Gasteiger partial charge in [-0.05, 0) is 5.22 Å². The topological polar surface area (TPSA) is 111 Å². The molecule has 0 saturated carbocycles. The van der Waals surface area contributed by atoms with Gasteiger partial charge in [0.05, 0.1) is 12.4 Å². The molecule has 73 valence electrons. The summed E-state index contributed by atoms with van der Waals surface area (Å²) in [5.74, 6) is 1.02. The molecule has 0 fully saturated rings. The van der Waals surface area contributed by atoms with Gasteiger partial charge in [-0.1, -0.05) is 5.21 Å². The van der Waals surface area contributed by atoms with Gasteiger partial charge in [-0.2, -0.15) is 9.78 Å². The Morgan fingerprint density at radius 1 is 1.33 bits per heavy atom. The van der Waals surface area contributed by atoms with Crippen molar-refractivity contribution in [2.24, 2.45) is 10.3 Å². The number of rotatable bonds is 2. The SMILES string of the molecule is C1=C(n2ncnc2-c2c[nH]nn2)N=N[N]1. The number of aromatic nitrogens is 6. The molecule has 3 rings (SSSR count). The van der Waals surface area contributed by atoms with Gasteiger partial charge in [-0.3, -0.25) is 5.10 Å². The molecular weight excluding hydrogens is 198 g/mol. The lowest BCUT2D eigenvalue weighted by molar-refractivity contribution is 0.870. The molecule has 0 saturated heterocycles. The van der Waals surface area contributed by atoms with E-state index in [0.717, 1.165) is 0 Å². The summed E-state index contributed by atoms with van der Waals surface area (Å²) in [5, 5.41) is 21.3. The van der Waals surface area contributed by atoms with E-state index in [2.05, 4.69) is 41.3 Å². The highest BCUT2D eigenvalue weighted by atomic mass is 15.5. The molecule has 15 heavy (non-hydrogen) atoms. The maximum Gasteiger partial charge on any atom is 0.200 e. The third-order valence-electron chi connectivity index (χ3n) is 1.78. The van der Waals surface area contributed by atoms with Gasteiger partial charge in [-0.15, -0.1) is 15.6 Å². The summed E-state index contributed by atoms with van der Waals surface area (Å²) in [6.45, 7) is 0. The van der Waals surface area contributed by atoms with E-state index in [1.54, 1.807) is 6.20 Å². The van der Waals surface area contributed by atoms with Crippen molar-refractivity contribution in [3.05, 3.63) is 18.7 Å². The second-order valence-corrected chi connectivity index (χ2v) is 2.65. The van der Waals surface area contributed by atoms with Crippen molar-refractivity contribution in [2.45, 2.75) is 0 Å². The summed E-state index contributed by atoms with van der Waals surface area (Å²) in [4.78, 5) is 4.05. The zero-order chi connectivity index (χ0) is 10.1. The zero-order valence-corrected chi connectivity index (χ0v) is 7.31. The second-order valence-electron chi connectivity index (χ2n) is 2.65. The van der Waals surface area contributed by atoms with Crippen LogP contribution in [0.4, 0.5) is 0 Å². The predicted molar refractivity (Wildman–Crippen MR) is 46.7 cm³/mol. The van der Waals surface area contributed by atoms with Crippen molar-refractivity contribution < 1.29 is 0 Å². The maximum absolute atomic E-state index is 4.05. The highest BCUT2D eigenvalue weighted by molar-refractivity contribution is 5.55. The van der Waals surface area contributed by atoms with Gasteiger partial charge in [0, 0.05) is 0 Å². The van der Waals surface area contributed by atoms with Crippen LogP contribution in [0.15, 0.2) is 29.1 Å². The first-order valence-electron chi connectivity index (χ1n) is 4.03. The van der Waals surface area contributed by atoms with Crippen LogP contribution in [0, 0.1) is 0 Å². The van der Waals surface area contributed by atoms with E-state index in [-0.39, 0.29) is 0 Å². The van der Waals surface area contributed by atoms with Crippen LogP contribution in [-0.2, 0) is 0 Å². The Hall–Kier alpha value is -2.58.